The van der Waals surface area contributed by atoms with E-state index in [4.69, 9.17) is 10.5 Å². The van der Waals surface area contributed by atoms with Crippen molar-refractivity contribution in [3.8, 4) is 0 Å². The summed E-state index contributed by atoms with van der Waals surface area (Å²) >= 11 is 1.63. The lowest BCUT2D eigenvalue weighted by Crippen LogP contribution is -2.28. The summed E-state index contributed by atoms with van der Waals surface area (Å²) in [4.78, 5) is 5.21. The molecule has 13 heavy (non-hydrogen) atoms. The van der Waals surface area contributed by atoms with Crippen LogP contribution in [0.2, 0.25) is 0 Å². The molecule has 0 saturated carbocycles. The molecule has 2 N–H and O–H groups in total. The van der Waals surface area contributed by atoms with Gasteiger partial charge in [0.25, 0.3) is 0 Å². The minimum Gasteiger partial charge on any atom is -0.381 e. The SMILES string of the molecule is NC(c1cncs1)C1CCCOC1. The molecule has 2 heterocycles. The standard InChI is InChI=1S/C9H14N2OS/c10-9(8-4-11-6-13-8)7-2-1-3-12-5-7/h4,6-7,9H,1-3,5,10H2. The highest BCUT2D eigenvalue weighted by molar-refractivity contribution is 7.09. The van der Waals surface area contributed by atoms with Crippen molar-refractivity contribution in [3.05, 3.63) is 16.6 Å². The fraction of sp³-hybridized carbons (Fsp3) is 0.667. The normalized spacial score (nSPS) is 25.8. The fourth-order valence-electron chi connectivity index (χ4n) is 1.67. The van der Waals surface area contributed by atoms with Crippen LogP contribution in [0.3, 0.4) is 0 Å². The lowest BCUT2D eigenvalue weighted by atomic mass is 9.94. The van der Waals surface area contributed by atoms with Crippen LogP contribution in [0.5, 0.6) is 0 Å². The van der Waals surface area contributed by atoms with E-state index >= 15 is 0 Å². The van der Waals surface area contributed by atoms with Crippen molar-refractivity contribution in [2.24, 2.45) is 11.7 Å². The van der Waals surface area contributed by atoms with Gasteiger partial charge in [-0.1, -0.05) is 0 Å². The number of nitrogens with two attached hydrogens (primary N) is 1. The monoisotopic (exact) mass is 198 g/mol. The van der Waals surface area contributed by atoms with Crippen molar-refractivity contribution in [2.45, 2.75) is 18.9 Å². The first-order chi connectivity index (χ1) is 6.38. The van der Waals surface area contributed by atoms with Gasteiger partial charge in [0.1, 0.15) is 0 Å². The average molecular weight is 198 g/mol. The molecule has 72 valence electrons. The predicted octanol–water partition coefficient (Wildman–Crippen LogP) is 1.57. The molecule has 0 aromatic carbocycles. The Morgan fingerprint density at radius 3 is 3.23 bits per heavy atom. The molecule has 0 radical (unpaired) electrons. The van der Waals surface area contributed by atoms with E-state index in [0.717, 1.165) is 19.6 Å². The molecule has 2 rings (SSSR count). The Balaban J connectivity index is 1.99. The molecule has 3 nitrogen and oxygen atoms in total. The first kappa shape index (κ1) is 9.12. The van der Waals surface area contributed by atoms with E-state index in [0.29, 0.717) is 5.92 Å². The minimum absolute atomic E-state index is 0.118. The molecule has 0 aliphatic carbocycles. The zero-order valence-electron chi connectivity index (χ0n) is 7.48. The van der Waals surface area contributed by atoms with Crippen molar-refractivity contribution >= 4 is 11.3 Å². The maximum Gasteiger partial charge on any atom is 0.0794 e. The summed E-state index contributed by atoms with van der Waals surface area (Å²) in [6.07, 6.45) is 4.18. The smallest absolute Gasteiger partial charge is 0.0794 e. The van der Waals surface area contributed by atoms with E-state index in [1.54, 1.807) is 11.3 Å². The Morgan fingerprint density at radius 2 is 2.62 bits per heavy atom. The molecule has 1 aromatic rings. The topological polar surface area (TPSA) is 48.1 Å². The summed E-state index contributed by atoms with van der Waals surface area (Å²) in [6.45, 7) is 1.70. The molecule has 1 aliphatic heterocycles. The third-order valence-electron chi connectivity index (χ3n) is 2.48. The molecule has 1 aliphatic rings. The Hall–Kier alpha value is -0.450. The van der Waals surface area contributed by atoms with Crippen LogP contribution in [0.1, 0.15) is 23.8 Å². The maximum atomic E-state index is 6.10. The van der Waals surface area contributed by atoms with Gasteiger partial charge in [0.05, 0.1) is 12.1 Å². The van der Waals surface area contributed by atoms with Crippen LogP contribution in [0.15, 0.2) is 11.7 Å². The molecule has 4 heteroatoms. The number of ether oxygens (including phenoxy) is 1. The van der Waals surface area contributed by atoms with Crippen molar-refractivity contribution in [1.82, 2.24) is 4.98 Å². The van der Waals surface area contributed by atoms with Crippen LogP contribution in [0.4, 0.5) is 0 Å². The second-order valence-corrected chi connectivity index (χ2v) is 4.32. The third kappa shape index (κ3) is 2.07. The van der Waals surface area contributed by atoms with E-state index in [2.05, 4.69) is 4.98 Å². The summed E-state index contributed by atoms with van der Waals surface area (Å²) < 4.78 is 5.41. The number of thiazole rings is 1. The first-order valence-electron chi connectivity index (χ1n) is 4.59. The van der Waals surface area contributed by atoms with Gasteiger partial charge < -0.3 is 10.5 Å². The molecule has 0 bridgehead atoms. The van der Waals surface area contributed by atoms with E-state index in [1.165, 1.54) is 11.3 Å². The molecule has 1 aromatic heterocycles. The van der Waals surface area contributed by atoms with Crippen molar-refractivity contribution in [2.75, 3.05) is 13.2 Å². The van der Waals surface area contributed by atoms with Crippen molar-refractivity contribution in [3.63, 3.8) is 0 Å². The molecule has 1 saturated heterocycles. The molecule has 0 spiro atoms. The summed E-state index contributed by atoms with van der Waals surface area (Å²) in [5.74, 6) is 0.481. The number of nitrogens with zero attached hydrogens (tertiary/aromatic N) is 1. The molecular weight excluding hydrogens is 184 g/mol. The fourth-order valence-corrected chi connectivity index (χ4v) is 2.39. The highest BCUT2D eigenvalue weighted by Gasteiger charge is 2.23. The van der Waals surface area contributed by atoms with Gasteiger partial charge in [-0.3, -0.25) is 4.98 Å². The Morgan fingerprint density at radius 1 is 1.69 bits per heavy atom. The van der Waals surface area contributed by atoms with Gasteiger partial charge in [0, 0.05) is 29.6 Å². The predicted molar refractivity (Wildman–Crippen MR) is 52.6 cm³/mol. The number of rotatable bonds is 2. The summed E-state index contributed by atoms with van der Waals surface area (Å²) in [7, 11) is 0. The highest BCUT2D eigenvalue weighted by atomic mass is 32.1. The van der Waals surface area contributed by atoms with Gasteiger partial charge in [-0.2, -0.15) is 0 Å². The van der Waals surface area contributed by atoms with E-state index < -0.39 is 0 Å². The van der Waals surface area contributed by atoms with Gasteiger partial charge in [0.2, 0.25) is 0 Å². The van der Waals surface area contributed by atoms with Crippen LogP contribution < -0.4 is 5.73 Å². The number of aromatic nitrogens is 1. The Kier molecular flexibility index (Phi) is 2.93. The van der Waals surface area contributed by atoms with Gasteiger partial charge in [-0.15, -0.1) is 11.3 Å². The largest absolute Gasteiger partial charge is 0.381 e. The number of hydrogen-bond donors (Lipinski definition) is 1. The summed E-state index contributed by atoms with van der Waals surface area (Å²) in [5.41, 5.74) is 7.94. The number of hydrogen-bond acceptors (Lipinski definition) is 4. The second-order valence-electron chi connectivity index (χ2n) is 3.41. The van der Waals surface area contributed by atoms with E-state index in [1.807, 2.05) is 11.7 Å². The van der Waals surface area contributed by atoms with Gasteiger partial charge in [0.15, 0.2) is 0 Å². The summed E-state index contributed by atoms with van der Waals surface area (Å²) in [6, 6.07) is 0.118. The van der Waals surface area contributed by atoms with Gasteiger partial charge in [-0.25, -0.2) is 0 Å². The zero-order chi connectivity index (χ0) is 9.10. The Bertz CT molecular complexity index is 244. The average Bonchev–Trinajstić information content (AvgIpc) is 2.71. The third-order valence-corrected chi connectivity index (χ3v) is 3.36. The van der Waals surface area contributed by atoms with Crippen LogP contribution in [-0.2, 0) is 4.74 Å². The van der Waals surface area contributed by atoms with E-state index in [-0.39, 0.29) is 6.04 Å². The van der Waals surface area contributed by atoms with Crippen LogP contribution in [-0.4, -0.2) is 18.2 Å². The molecular formula is C9H14N2OS. The summed E-state index contributed by atoms with van der Waals surface area (Å²) in [5, 5.41) is 0. The van der Waals surface area contributed by atoms with Gasteiger partial charge >= 0.3 is 0 Å². The van der Waals surface area contributed by atoms with Crippen LogP contribution in [0, 0.1) is 5.92 Å². The minimum atomic E-state index is 0.118. The highest BCUT2D eigenvalue weighted by Crippen LogP contribution is 2.28. The Labute approximate surface area is 81.9 Å². The molecule has 0 amide bonds. The first-order valence-corrected chi connectivity index (χ1v) is 5.47. The van der Waals surface area contributed by atoms with Crippen LogP contribution >= 0.6 is 11.3 Å². The van der Waals surface area contributed by atoms with Crippen LogP contribution in [0.25, 0.3) is 0 Å². The molecule has 2 unspecified atom stereocenters. The van der Waals surface area contributed by atoms with Crippen molar-refractivity contribution < 1.29 is 4.74 Å². The lowest BCUT2D eigenvalue weighted by Gasteiger charge is -2.26. The zero-order valence-corrected chi connectivity index (χ0v) is 8.30. The molecule has 1 fully saturated rings. The van der Waals surface area contributed by atoms with Crippen molar-refractivity contribution in [1.29, 1.82) is 0 Å². The quantitative estimate of drug-likeness (QED) is 0.784. The maximum absolute atomic E-state index is 6.10. The molecule has 2 atom stereocenters. The van der Waals surface area contributed by atoms with Gasteiger partial charge in [-0.05, 0) is 12.8 Å². The lowest BCUT2D eigenvalue weighted by molar-refractivity contribution is 0.0452. The van der Waals surface area contributed by atoms with E-state index in [9.17, 15) is 0 Å². The second kappa shape index (κ2) is 4.17.